The number of likely N-dealkylation sites (N-methyl/N-ethyl adjacent to an activating group) is 1. The molecule has 2 aromatic carbocycles. The Balaban J connectivity index is 1.76. The van der Waals surface area contributed by atoms with Gasteiger partial charge in [0.05, 0.1) is 11.8 Å². The van der Waals surface area contributed by atoms with Crippen molar-refractivity contribution in [3.63, 3.8) is 0 Å². The lowest BCUT2D eigenvalue weighted by Gasteiger charge is -2.15. The highest BCUT2D eigenvalue weighted by Gasteiger charge is 2.49. The van der Waals surface area contributed by atoms with Crippen LogP contribution in [0.15, 0.2) is 48.8 Å². The molecule has 1 fully saturated rings. The van der Waals surface area contributed by atoms with Gasteiger partial charge >= 0.3 is 0 Å². The predicted molar refractivity (Wildman–Crippen MR) is 114 cm³/mol. The number of nitrogens with one attached hydrogen (secondary N) is 1. The molecule has 1 aliphatic heterocycles. The van der Waals surface area contributed by atoms with Crippen molar-refractivity contribution in [1.29, 1.82) is 0 Å². The van der Waals surface area contributed by atoms with E-state index in [-0.39, 0.29) is 11.8 Å². The van der Waals surface area contributed by atoms with E-state index in [4.69, 9.17) is 0 Å². The maximum Gasteiger partial charge on any atom is 0.237 e. The van der Waals surface area contributed by atoms with Crippen molar-refractivity contribution in [2.75, 3.05) is 7.05 Å². The van der Waals surface area contributed by atoms with E-state index in [0.717, 1.165) is 44.1 Å². The van der Waals surface area contributed by atoms with Crippen LogP contribution in [0, 0.1) is 13.8 Å². The highest BCUT2D eigenvalue weighted by atomic mass is 16.2. The monoisotopic (exact) mass is 385 g/mol. The van der Waals surface area contributed by atoms with Crippen LogP contribution in [0.2, 0.25) is 0 Å². The first-order chi connectivity index (χ1) is 13.9. The standard InChI is InChI=1S/C24H23N3O2/c1-13-5-7-19-15(9-13)17(11-25-19)21-22(24(29)27(4)23(21)28)18-12-26(3)20-8-6-14(2)10-16(18)20/h5-12,21-22,25H,1-4H3. The topological polar surface area (TPSA) is 58.1 Å². The van der Waals surface area contributed by atoms with Gasteiger partial charge in [-0.15, -0.1) is 0 Å². The summed E-state index contributed by atoms with van der Waals surface area (Å²) in [5.41, 5.74) is 6.11. The number of aromatic nitrogens is 2. The summed E-state index contributed by atoms with van der Waals surface area (Å²) < 4.78 is 2.04. The van der Waals surface area contributed by atoms with Gasteiger partial charge in [0.15, 0.2) is 0 Å². The van der Waals surface area contributed by atoms with E-state index in [2.05, 4.69) is 29.2 Å². The Morgan fingerprint density at radius 1 is 0.828 bits per heavy atom. The molecule has 1 aliphatic rings. The number of aromatic amines is 1. The second-order valence-corrected chi connectivity index (χ2v) is 8.20. The van der Waals surface area contributed by atoms with Crippen LogP contribution in [0.1, 0.15) is 34.1 Å². The molecule has 5 nitrogen and oxygen atoms in total. The molecule has 146 valence electrons. The Kier molecular flexibility index (Phi) is 3.72. The molecule has 5 rings (SSSR count). The van der Waals surface area contributed by atoms with Crippen molar-refractivity contribution in [1.82, 2.24) is 14.5 Å². The minimum absolute atomic E-state index is 0.143. The van der Waals surface area contributed by atoms with Crippen molar-refractivity contribution < 1.29 is 9.59 Å². The van der Waals surface area contributed by atoms with Gasteiger partial charge in [-0.3, -0.25) is 14.5 Å². The number of hydrogen-bond acceptors (Lipinski definition) is 2. The minimum Gasteiger partial charge on any atom is -0.361 e. The fourth-order valence-electron chi connectivity index (χ4n) is 4.73. The Morgan fingerprint density at radius 3 is 2.17 bits per heavy atom. The predicted octanol–water partition coefficient (Wildman–Crippen LogP) is 4.14. The zero-order valence-corrected chi connectivity index (χ0v) is 17.0. The molecular formula is C24H23N3O2. The van der Waals surface area contributed by atoms with Gasteiger partial charge in [-0.05, 0) is 49.2 Å². The molecule has 29 heavy (non-hydrogen) atoms. The molecule has 2 aromatic heterocycles. The van der Waals surface area contributed by atoms with Gasteiger partial charge in [0.2, 0.25) is 11.8 Å². The van der Waals surface area contributed by atoms with Crippen LogP contribution in [0.25, 0.3) is 21.8 Å². The van der Waals surface area contributed by atoms with Crippen molar-refractivity contribution >= 4 is 33.6 Å². The van der Waals surface area contributed by atoms with Gasteiger partial charge in [-0.1, -0.05) is 23.3 Å². The molecule has 1 saturated heterocycles. The zero-order chi connectivity index (χ0) is 20.4. The first kappa shape index (κ1) is 17.7. The smallest absolute Gasteiger partial charge is 0.237 e. The highest BCUT2D eigenvalue weighted by molar-refractivity contribution is 6.12. The Morgan fingerprint density at radius 2 is 1.45 bits per heavy atom. The molecule has 0 bridgehead atoms. The molecule has 2 unspecified atom stereocenters. The average molecular weight is 385 g/mol. The lowest BCUT2D eigenvalue weighted by Crippen LogP contribution is -2.25. The number of benzene rings is 2. The first-order valence-corrected chi connectivity index (χ1v) is 9.81. The lowest BCUT2D eigenvalue weighted by atomic mass is 9.82. The second kappa shape index (κ2) is 6.08. The van der Waals surface area contributed by atoms with E-state index >= 15 is 0 Å². The molecule has 2 atom stereocenters. The summed E-state index contributed by atoms with van der Waals surface area (Å²) in [5.74, 6) is -1.35. The minimum atomic E-state index is -0.533. The number of aryl methyl sites for hydroxylation is 3. The number of carbonyl (C=O) groups is 2. The van der Waals surface area contributed by atoms with Crippen molar-refractivity contribution in [3.8, 4) is 0 Å². The van der Waals surface area contributed by atoms with Gasteiger partial charge in [-0.2, -0.15) is 0 Å². The number of imide groups is 1. The highest BCUT2D eigenvalue weighted by Crippen LogP contribution is 2.45. The van der Waals surface area contributed by atoms with Gasteiger partial charge in [0, 0.05) is 48.3 Å². The molecule has 0 spiro atoms. The van der Waals surface area contributed by atoms with E-state index in [1.54, 1.807) is 7.05 Å². The maximum atomic E-state index is 13.2. The molecule has 0 aliphatic carbocycles. The van der Waals surface area contributed by atoms with Crippen LogP contribution in [-0.4, -0.2) is 33.3 Å². The van der Waals surface area contributed by atoms with Crippen molar-refractivity contribution in [3.05, 3.63) is 71.0 Å². The average Bonchev–Trinajstić information content (AvgIpc) is 3.30. The molecule has 4 aromatic rings. The fourth-order valence-corrected chi connectivity index (χ4v) is 4.73. The van der Waals surface area contributed by atoms with E-state index in [0.29, 0.717) is 0 Å². The van der Waals surface area contributed by atoms with E-state index in [9.17, 15) is 9.59 Å². The number of likely N-dealkylation sites (tertiary alicyclic amines) is 1. The van der Waals surface area contributed by atoms with Crippen molar-refractivity contribution in [2.24, 2.45) is 7.05 Å². The SMILES string of the molecule is Cc1ccc2[nH]cc(C3C(=O)N(C)C(=O)C3c3cn(C)c4ccc(C)cc34)c2c1. The molecule has 5 heteroatoms. The second-order valence-electron chi connectivity index (χ2n) is 8.20. The van der Waals surface area contributed by atoms with Crippen molar-refractivity contribution in [2.45, 2.75) is 25.7 Å². The maximum absolute atomic E-state index is 13.2. The quantitative estimate of drug-likeness (QED) is 0.527. The van der Waals surface area contributed by atoms with Gasteiger partial charge in [-0.25, -0.2) is 0 Å². The van der Waals surface area contributed by atoms with Crippen LogP contribution >= 0.6 is 0 Å². The molecule has 0 saturated carbocycles. The number of amides is 2. The molecule has 2 amide bonds. The van der Waals surface area contributed by atoms with Gasteiger partial charge in [0.1, 0.15) is 0 Å². The van der Waals surface area contributed by atoms with Crippen LogP contribution < -0.4 is 0 Å². The Labute approximate surface area is 168 Å². The lowest BCUT2D eigenvalue weighted by molar-refractivity contribution is -0.137. The summed E-state index contributed by atoms with van der Waals surface area (Å²) >= 11 is 0. The number of nitrogens with zero attached hydrogens (tertiary/aromatic N) is 2. The van der Waals surface area contributed by atoms with Gasteiger partial charge < -0.3 is 9.55 Å². The Hall–Kier alpha value is -3.34. The molecule has 0 radical (unpaired) electrons. The number of carbonyl (C=O) groups excluding carboxylic acids is 2. The summed E-state index contributed by atoms with van der Waals surface area (Å²) in [5, 5.41) is 2.04. The number of fused-ring (bicyclic) bond motifs is 2. The van der Waals surface area contributed by atoms with Crippen LogP contribution in [-0.2, 0) is 16.6 Å². The van der Waals surface area contributed by atoms with E-state index in [1.807, 2.05) is 50.0 Å². The van der Waals surface area contributed by atoms with E-state index in [1.165, 1.54) is 4.90 Å². The summed E-state index contributed by atoms with van der Waals surface area (Å²) in [7, 11) is 3.57. The summed E-state index contributed by atoms with van der Waals surface area (Å²) in [6.45, 7) is 4.08. The third kappa shape index (κ3) is 2.47. The zero-order valence-electron chi connectivity index (χ0n) is 17.0. The summed E-state index contributed by atoms with van der Waals surface area (Å²) in [4.78, 5) is 31.0. The summed E-state index contributed by atoms with van der Waals surface area (Å²) in [6, 6.07) is 12.4. The molecule has 1 N–H and O–H groups in total. The van der Waals surface area contributed by atoms with Crippen LogP contribution in [0.3, 0.4) is 0 Å². The Bertz CT molecular complexity index is 1310. The fraction of sp³-hybridized carbons (Fsp3) is 0.250. The van der Waals surface area contributed by atoms with Gasteiger partial charge in [0.25, 0.3) is 0 Å². The third-order valence-corrected chi connectivity index (χ3v) is 6.24. The van der Waals surface area contributed by atoms with Crippen LogP contribution in [0.4, 0.5) is 0 Å². The largest absolute Gasteiger partial charge is 0.361 e. The summed E-state index contributed by atoms with van der Waals surface area (Å²) in [6.07, 6.45) is 3.90. The number of rotatable bonds is 2. The number of H-pyrrole nitrogens is 1. The molecule has 3 heterocycles. The first-order valence-electron chi connectivity index (χ1n) is 9.81. The third-order valence-electron chi connectivity index (χ3n) is 6.24. The normalized spacial score (nSPS) is 19.8. The number of hydrogen-bond donors (Lipinski definition) is 1. The molecular weight excluding hydrogens is 362 g/mol. The van der Waals surface area contributed by atoms with Crippen LogP contribution in [0.5, 0.6) is 0 Å². The van der Waals surface area contributed by atoms with E-state index < -0.39 is 11.8 Å².